The first kappa shape index (κ1) is 23.2. The third-order valence-corrected chi connectivity index (χ3v) is 6.17. The van der Waals surface area contributed by atoms with Crippen molar-refractivity contribution in [3.8, 4) is 11.5 Å². The van der Waals surface area contributed by atoms with E-state index in [1.165, 1.54) is 19.3 Å². The molecule has 1 aliphatic heterocycles. The molecule has 0 bridgehead atoms. The quantitative estimate of drug-likeness (QED) is 0.357. The summed E-state index contributed by atoms with van der Waals surface area (Å²) < 4.78 is 12.6. The van der Waals surface area contributed by atoms with Gasteiger partial charge in [-0.25, -0.2) is 14.6 Å². The Morgan fingerprint density at radius 2 is 2.00 bits per heavy atom. The number of aromatic nitrogens is 4. The Labute approximate surface area is 197 Å². The lowest BCUT2D eigenvalue weighted by atomic mass is 10.1. The molecule has 4 rings (SSSR count). The predicted molar refractivity (Wildman–Crippen MR) is 129 cm³/mol. The van der Waals surface area contributed by atoms with E-state index in [9.17, 15) is 4.79 Å². The highest BCUT2D eigenvalue weighted by molar-refractivity contribution is 7.99. The van der Waals surface area contributed by atoms with Crippen LogP contribution >= 0.6 is 11.8 Å². The van der Waals surface area contributed by atoms with Crippen LogP contribution in [0.25, 0.3) is 11.0 Å². The van der Waals surface area contributed by atoms with Crippen molar-refractivity contribution in [3.63, 3.8) is 0 Å². The number of nitrogens with one attached hydrogen (secondary N) is 1. The van der Waals surface area contributed by atoms with Crippen LogP contribution in [-0.2, 0) is 11.3 Å². The number of benzene rings is 1. The summed E-state index contributed by atoms with van der Waals surface area (Å²) in [6.45, 7) is 5.00. The third-order valence-electron chi connectivity index (χ3n) is 5.44. The molecule has 33 heavy (non-hydrogen) atoms. The van der Waals surface area contributed by atoms with E-state index in [0.717, 1.165) is 40.9 Å². The predicted octanol–water partition coefficient (Wildman–Crippen LogP) is 3.13. The number of rotatable bonds is 10. The van der Waals surface area contributed by atoms with Crippen molar-refractivity contribution in [2.75, 3.05) is 44.0 Å². The van der Waals surface area contributed by atoms with E-state index in [0.29, 0.717) is 24.6 Å². The molecule has 10 heteroatoms. The van der Waals surface area contributed by atoms with Crippen molar-refractivity contribution in [2.24, 2.45) is 0 Å². The molecule has 3 heterocycles. The standard InChI is InChI=1S/C23H30N6O3S/c1-3-33-23-26-21(28-11-5-4-6-12-28)19-15-25-29(22(19)27-23)13-10-24-20(30)16-32-18-9-7-8-17(14-18)31-2/h7-9,14-15H,3-6,10-13,16H2,1-2H3,(H,24,30). The van der Waals surface area contributed by atoms with Crippen LogP contribution in [0, 0.1) is 0 Å². The molecule has 0 spiro atoms. The van der Waals surface area contributed by atoms with Gasteiger partial charge in [-0.05, 0) is 37.1 Å². The Morgan fingerprint density at radius 3 is 2.79 bits per heavy atom. The normalized spacial score (nSPS) is 13.8. The SMILES string of the molecule is CCSc1nc(N2CCCCC2)c2cnn(CCNC(=O)COc3cccc(OC)c3)c2n1. The number of hydrogen-bond acceptors (Lipinski definition) is 8. The number of fused-ring (bicyclic) bond motifs is 1. The van der Waals surface area contributed by atoms with Crippen molar-refractivity contribution >= 4 is 34.5 Å². The fourth-order valence-electron chi connectivity index (χ4n) is 3.82. The Kier molecular flexibility index (Phi) is 7.87. The molecule has 1 N–H and O–H groups in total. The minimum Gasteiger partial charge on any atom is -0.497 e. The number of amides is 1. The molecule has 0 radical (unpaired) electrons. The molecule has 1 aliphatic rings. The minimum absolute atomic E-state index is 0.0639. The number of ether oxygens (including phenoxy) is 2. The fourth-order valence-corrected chi connectivity index (χ4v) is 4.38. The number of thioether (sulfide) groups is 1. The van der Waals surface area contributed by atoms with Crippen molar-refractivity contribution in [2.45, 2.75) is 37.9 Å². The van der Waals surface area contributed by atoms with E-state index >= 15 is 0 Å². The lowest BCUT2D eigenvalue weighted by molar-refractivity contribution is -0.123. The fraction of sp³-hybridized carbons (Fsp3) is 0.478. The van der Waals surface area contributed by atoms with Gasteiger partial charge >= 0.3 is 0 Å². The molecule has 3 aromatic rings. The Hall–Kier alpha value is -3.01. The first-order valence-electron chi connectivity index (χ1n) is 11.3. The molecule has 0 atom stereocenters. The number of carbonyl (C=O) groups excluding carboxylic acids is 1. The monoisotopic (exact) mass is 470 g/mol. The molecule has 1 amide bonds. The number of carbonyl (C=O) groups is 1. The van der Waals surface area contributed by atoms with Gasteiger partial charge in [0.15, 0.2) is 17.4 Å². The second-order valence-corrected chi connectivity index (χ2v) is 8.96. The number of hydrogen-bond donors (Lipinski definition) is 1. The molecular weight excluding hydrogens is 440 g/mol. The number of nitrogens with zero attached hydrogens (tertiary/aromatic N) is 5. The second kappa shape index (κ2) is 11.2. The number of methoxy groups -OCH3 is 1. The summed E-state index contributed by atoms with van der Waals surface area (Å²) >= 11 is 1.63. The number of piperidine rings is 1. The van der Waals surface area contributed by atoms with E-state index in [4.69, 9.17) is 19.4 Å². The van der Waals surface area contributed by atoms with Gasteiger partial charge in [0.05, 0.1) is 25.2 Å². The van der Waals surface area contributed by atoms with Gasteiger partial charge in [-0.2, -0.15) is 5.10 Å². The summed E-state index contributed by atoms with van der Waals surface area (Å²) in [5, 5.41) is 9.16. The maximum atomic E-state index is 12.2. The highest BCUT2D eigenvalue weighted by Gasteiger charge is 2.20. The molecule has 176 valence electrons. The lowest BCUT2D eigenvalue weighted by Crippen LogP contribution is -2.32. The highest BCUT2D eigenvalue weighted by atomic mass is 32.2. The van der Waals surface area contributed by atoms with Gasteiger partial charge in [0.25, 0.3) is 5.91 Å². The maximum Gasteiger partial charge on any atom is 0.258 e. The number of anilines is 1. The summed E-state index contributed by atoms with van der Waals surface area (Å²) in [6, 6.07) is 7.18. The average molecular weight is 471 g/mol. The van der Waals surface area contributed by atoms with Gasteiger partial charge in [-0.3, -0.25) is 4.79 Å². The van der Waals surface area contributed by atoms with E-state index in [2.05, 4.69) is 22.2 Å². The van der Waals surface area contributed by atoms with Crippen LogP contribution in [0.2, 0.25) is 0 Å². The van der Waals surface area contributed by atoms with Crippen LogP contribution in [0.4, 0.5) is 5.82 Å². The van der Waals surface area contributed by atoms with E-state index in [1.54, 1.807) is 31.0 Å². The summed E-state index contributed by atoms with van der Waals surface area (Å²) in [5.41, 5.74) is 0.809. The maximum absolute atomic E-state index is 12.2. The van der Waals surface area contributed by atoms with Crippen LogP contribution in [0.3, 0.4) is 0 Å². The summed E-state index contributed by atoms with van der Waals surface area (Å²) in [5.74, 6) is 2.95. The Balaban J connectivity index is 1.38. The second-order valence-electron chi connectivity index (χ2n) is 7.73. The van der Waals surface area contributed by atoms with Crippen molar-refractivity contribution in [1.29, 1.82) is 0 Å². The Bertz CT molecular complexity index is 1080. The largest absolute Gasteiger partial charge is 0.497 e. The topological polar surface area (TPSA) is 94.4 Å². The third kappa shape index (κ3) is 5.87. The molecule has 0 unspecified atom stereocenters. The summed E-state index contributed by atoms with van der Waals surface area (Å²) in [6.07, 6.45) is 5.47. The highest BCUT2D eigenvalue weighted by Crippen LogP contribution is 2.29. The van der Waals surface area contributed by atoms with E-state index in [-0.39, 0.29) is 12.5 Å². The molecule has 1 aromatic carbocycles. The zero-order valence-corrected chi connectivity index (χ0v) is 19.9. The molecule has 0 aliphatic carbocycles. The van der Waals surface area contributed by atoms with Crippen LogP contribution in [-0.4, -0.2) is 64.8 Å². The van der Waals surface area contributed by atoms with Crippen LogP contribution in [0.1, 0.15) is 26.2 Å². The first-order chi connectivity index (χ1) is 16.2. The van der Waals surface area contributed by atoms with Crippen molar-refractivity contribution in [1.82, 2.24) is 25.1 Å². The van der Waals surface area contributed by atoms with Gasteiger partial charge in [-0.1, -0.05) is 24.8 Å². The van der Waals surface area contributed by atoms with E-state index < -0.39 is 0 Å². The first-order valence-corrected chi connectivity index (χ1v) is 12.3. The molecular formula is C23H30N6O3S. The van der Waals surface area contributed by atoms with Gasteiger partial charge in [0.1, 0.15) is 17.3 Å². The molecule has 2 aromatic heterocycles. The summed E-state index contributed by atoms with van der Waals surface area (Å²) in [7, 11) is 1.59. The van der Waals surface area contributed by atoms with Crippen molar-refractivity contribution in [3.05, 3.63) is 30.5 Å². The molecule has 9 nitrogen and oxygen atoms in total. The van der Waals surface area contributed by atoms with Crippen LogP contribution in [0.15, 0.2) is 35.6 Å². The molecule has 1 fully saturated rings. The van der Waals surface area contributed by atoms with Crippen LogP contribution < -0.4 is 19.7 Å². The zero-order valence-electron chi connectivity index (χ0n) is 19.1. The average Bonchev–Trinajstić information content (AvgIpc) is 3.26. The smallest absolute Gasteiger partial charge is 0.258 e. The van der Waals surface area contributed by atoms with Crippen molar-refractivity contribution < 1.29 is 14.3 Å². The minimum atomic E-state index is -0.194. The lowest BCUT2D eigenvalue weighted by Gasteiger charge is -2.28. The summed E-state index contributed by atoms with van der Waals surface area (Å²) in [4.78, 5) is 24.2. The Morgan fingerprint density at radius 1 is 1.18 bits per heavy atom. The molecule has 1 saturated heterocycles. The van der Waals surface area contributed by atoms with Gasteiger partial charge in [0.2, 0.25) is 0 Å². The van der Waals surface area contributed by atoms with Gasteiger partial charge < -0.3 is 19.7 Å². The molecule has 0 saturated carbocycles. The van der Waals surface area contributed by atoms with Gasteiger partial charge in [-0.15, -0.1) is 0 Å². The van der Waals surface area contributed by atoms with E-state index in [1.807, 2.05) is 23.0 Å². The zero-order chi connectivity index (χ0) is 23.0. The van der Waals surface area contributed by atoms with Crippen LogP contribution in [0.5, 0.6) is 11.5 Å². The van der Waals surface area contributed by atoms with Gasteiger partial charge in [0, 0.05) is 25.7 Å².